The van der Waals surface area contributed by atoms with Gasteiger partial charge in [-0.15, -0.1) is 0 Å². The van der Waals surface area contributed by atoms with Crippen molar-refractivity contribution in [1.82, 2.24) is 4.90 Å². The Hall–Kier alpha value is -3.48. The van der Waals surface area contributed by atoms with Crippen molar-refractivity contribution < 1.29 is 14.4 Å². The van der Waals surface area contributed by atoms with Gasteiger partial charge in [-0.3, -0.25) is 19.3 Å². The largest absolute Gasteiger partial charge is 0.325 e. The molecule has 36 heavy (non-hydrogen) atoms. The van der Waals surface area contributed by atoms with E-state index in [9.17, 15) is 14.4 Å². The van der Waals surface area contributed by atoms with E-state index in [0.29, 0.717) is 40.5 Å². The van der Waals surface area contributed by atoms with Crippen LogP contribution in [0.2, 0.25) is 5.02 Å². The van der Waals surface area contributed by atoms with Crippen LogP contribution in [0.4, 0.5) is 11.4 Å². The molecule has 180 valence electrons. The van der Waals surface area contributed by atoms with Crippen molar-refractivity contribution in [3.05, 3.63) is 94.0 Å². The van der Waals surface area contributed by atoms with Gasteiger partial charge in [-0.05, 0) is 56.1 Å². The number of hydrogen-bond donors (Lipinski definition) is 2. The third-order valence-electron chi connectivity index (χ3n) is 8.67. The average Bonchev–Trinajstić information content (AvgIpc) is 3.58. The zero-order chi connectivity index (χ0) is 24.8. The van der Waals surface area contributed by atoms with Crippen LogP contribution in [0.1, 0.15) is 39.9 Å². The fourth-order valence-electron chi connectivity index (χ4n) is 7.52. The Morgan fingerprint density at radius 2 is 1.67 bits per heavy atom. The maximum atomic E-state index is 14.5. The Kier molecular flexibility index (Phi) is 4.40. The number of rotatable bonds is 2. The zero-order valence-corrected chi connectivity index (χ0v) is 20.4. The molecule has 0 saturated carbocycles. The Labute approximate surface area is 213 Å². The van der Waals surface area contributed by atoms with Crippen LogP contribution >= 0.6 is 11.6 Å². The summed E-state index contributed by atoms with van der Waals surface area (Å²) in [5, 5.41) is 6.49. The van der Waals surface area contributed by atoms with Gasteiger partial charge in [-0.1, -0.05) is 59.6 Å². The van der Waals surface area contributed by atoms with Crippen LogP contribution in [0, 0.1) is 12.8 Å². The molecule has 2 fully saturated rings. The molecule has 2 N–H and O–H groups in total. The van der Waals surface area contributed by atoms with E-state index < -0.39 is 16.9 Å². The Balaban J connectivity index is 1.61. The van der Waals surface area contributed by atoms with E-state index >= 15 is 0 Å². The van der Waals surface area contributed by atoms with Crippen molar-refractivity contribution in [3.63, 3.8) is 0 Å². The summed E-state index contributed by atoms with van der Waals surface area (Å²) >= 11 is 6.54. The quantitative estimate of drug-likeness (QED) is 0.505. The smallest absolute Gasteiger partial charge is 0.251 e. The van der Waals surface area contributed by atoms with E-state index in [1.54, 1.807) is 24.3 Å². The van der Waals surface area contributed by atoms with Crippen LogP contribution in [0.3, 0.4) is 0 Å². The van der Waals surface area contributed by atoms with Crippen molar-refractivity contribution in [2.45, 2.75) is 36.8 Å². The van der Waals surface area contributed by atoms with Crippen LogP contribution in [-0.4, -0.2) is 35.1 Å². The summed E-state index contributed by atoms with van der Waals surface area (Å²) in [7, 11) is 0. The molecule has 7 heteroatoms. The van der Waals surface area contributed by atoms with E-state index in [1.807, 2.05) is 49.4 Å². The lowest BCUT2D eigenvalue weighted by Crippen LogP contribution is -2.62. The van der Waals surface area contributed by atoms with Gasteiger partial charge in [0.1, 0.15) is 11.0 Å². The van der Waals surface area contributed by atoms with Crippen LogP contribution in [0.5, 0.6) is 0 Å². The highest BCUT2D eigenvalue weighted by atomic mass is 35.5. The number of carbonyl (C=O) groups excluding carboxylic acids is 3. The summed E-state index contributed by atoms with van der Waals surface area (Å²) in [6, 6.07) is 20.0. The van der Waals surface area contributed by atoms with Crippen LogP contribution < -0.4 is 10.6 Å². The molecule has 0 aliphatic carbocycles. The van der Waals surface area contributed by atoms with Crippen molar-refractivity contribution >= 4 is 40.6 Å². The molecule has 4 unspecified atom stereocenters. The van der Waals surface area contributed by atoms with Gasteiger partial charge in [0.25, 0.3) is 5.91 Å². The van der Waals surface area contributed by atoms with E-state index in [-0.39, 0.29) is 23.6 Å². The minimum absolute atomic E-state index is 0.199. The van der Waals surface area contributed by atoms with Crippen LogP contribution in [0.15, 0.2) is 66.7 Å². The predicted octanol–water partition coefficient (Wildman–Crippen LogP) is 4.66. The van der Waals surface area contributed by atoms with Crippen molar-refractivity contribution in [2.24, 2.45) is 5.92 Å². The molecule has 0 aromatic heterocycles. The first-order valence-corrected chi connectivity index (χ1v) is 12.7. The van der Waals surface area contributed by atoms with E-state index in [2.05, 4.69) is 15.5 Å². The number of fused-ring (bicyclic) bond motifs is 7. The Morgan fingerprint density at radius 1 is 0.944 bits per heavy atom. The maximum absolute atomic E-state index is 14.5. The highest BCUT2D eigenvalue weighted by molar-refractivity contribution is 6.34. The molecule has 0 bridgehead atoms. The third-order valence-corrected chi connectivity index (χ3v) is 9.00. The first-order valence-electron chi connectivity index (χ1n) is 12.3. The summed E-state index contributed by atoms with van der Waals surface area (Å²) in [6.07, 6.45) is 1.56. The van der Waals surface area contributed by atoms with E-state index in [1.165, 1.54) is 0 Å². The Morgan fingerprint density at radius 3 is 2.50 bits per heavy atom. The minimum Gasteiger partial charge on any atom is -0.325 e. The van der Waals surface area contributed by atoms with Crippen molar-refractivity contribution in [2.75, 3.05) is 17.2 Å². The highest BCUT2D eigenvalue weighted by Gasteiger charge is 2.81. The van der Waals surface area contributed by atoms with Gasteiger partial charge in [-0.25, -0.2) is 0 Å². The molecule has 6 nitrogen and oxygen atoms in total. The van der Waals surface area contributed by atoms with E-state index in [0.717, 1.165) is 17.5 Å². The summed E-state index contributed by atoms with van der Waals surface area (Å²) in [4.78, 5) is 45.4. The SMILES string of the molecule is Cc1ccc2c(c1)C1(C(=O)N2)N2CCCC2C(C(=O)c2ccccc2Cl)C12C(=O)Nc1ccccc12. The second kappa shape index (κ2) is 7.28. The fraction of sp³-hybridized carbons (Fsp3) is 0.276. The average molecular weight is 498 g/mol. The lowest BCUT2D eigenvalue weighted by Gasteiger charge is -2.43. The van der Waals surface area contributed by atoms with Gasteiger partial charge >= 0.3 is 0 Å². The number of anilines is 2. The first-order chi connectivity index (χ1) is 17.4. The molecule has 3 aromatic rings. The molecule has 4 aliphatic rings. The number of amides is 2. The Bertz CT molecular complexity index is 1500. The number of hydrogen-bond acceptors (Lipinski definition) is 4. The lowest BCUT2D eigenvalue weighted by molar-refractivity contribution is -0.137. The predicted molar refractivity (Wildman–Crippen MR) is 137 cm³/mol. The first kappa shape index (κ1) is 21.8. The van der Waals surface area contributed by atoms with E-state index in [4.69, 9.17) is 11.6 Å². The number of aryl methyl sites for hydroxylation is 1. The third kappa shape index (κ3) is 2.34. The number of benzene rings is 3. The van der Waals surface area contributed by atoms with Crippen molar-refractivity contribution in [1.29, 1.82) is 0 Å². The normalized spacial score (nSPS) is 29.8. The number of nitrogens with one attached hydrogen (secondary N) is 2. The summed E-state index contributed by atoms with van der Waals surface area (Å²) < 4.78 is 0. The molecule has 2 saturated heterocycles. The summed E-state index contributed by atoms with van der Waals surface area (Å²) in [5.74, 6) is -1.56. The topological polar surface area (TPSA) is 78.5 Å². The number of halogens is 1. The van der Waals surface area contributed by atoms with Crippen molar-refractivity contribution in [3.8, 4) is 0 Å². The number of carbonyl (C=O) groups is 3. The molecule has 7 rings (SSSR count). The second-order valence-corrected chi connectivity index (χ2v) is 10.7. The fourth-order valence-corrected chi connectivity index (χ4v) is 7.75. The molecule has 2 amide bonds. The molecule has 4 aliphatic heterocycles. The van der Waals surface area contributed by atoms with Gasteiger partial charge in [-0.2, -0.15) is 0 Å². The molecule has 4 heterocycles. The molecule has 2 spiro atoms. The summed E-state index contributed by atoms with van der Waals surface area (Å²) in [5.41, 5.74) is 1.37. The minimum atomic E-state index is -1.45. The standard InChI is InChI=1S/C29H24ClN3O3/c1-16-12-13-22-19(15-16)29(27(36)32-22)28(18-8-3-5-10-21(18)31-26(28)35)24(23-11-6-14-33(23)29)25(34)17-7-2-4-9-20(17)30/h2-5,7-10,12-13,15,23-24H,6,11,14H2,1H3,(H,31,35)(H,32,36). The van der Waals surface area contributed by atoms with Crippen LogP contribution in [-0.2, 0) is 20.5 Å². The maximum Gasteiger partial charge on any atom is 0.251 e. The molecular formula is C29H24ClN3O3. The lowest BCUT2D eigenvalue weighted by atomic mass is 9.57. The van der Waals surface area contributed by atoms with Gasteiger partial charge < -0.3 is 10.6 Å². The van der Waals surface area contributed by atoms with Gasteiger partial charge in [0.15, 0.2) is 5.78 Å². The molecule has 0 radical (unpaired) electrons. The number of nitrogens with zero attached hydrogens (tertiary/aromatic N) is 1. The number of Topliss-reactive ketones (excluding diaryl/α,β-unsaturated/α-hetero) is 1. The zero-order valence-electron chi connectivity index (χ0n) is 19.7. The highest BCUT2D eigenvalue weighted by Crippen LogP contribution is 2.68. The van der Waals surface area contributed by atoms with Gasteiger partial charge in [0, 0.05) is 28.5 Å². The van der Waals surface area contributed by atoms with Gasteiger partial charge in [0.05, 0.1) is 10.9 Å². The second-order valence-electron chi connectivity index (χ2n) is 10.2. The molecule has 4 atom stereocenters. The number of ketones is 1. The molecule has 3 aromatic carbocycles. The summed E-state index contributed by atoms with van der Waals surface area (Å²) in [6.45, 7) is 2.60. The molecular weight excluding hydrogens is 474 g/mol. The monoisotopic (exact) mass is 497 g/mol. The van der Waals surface area contributed by atoms with Gasteiger partial charge in [0.2, 0.25) is 5.91 Å². The van der Waals surface area contributed by atoms with Crippen LogP contribution in [0.25, 0.3) is 0 Å². The number of para-hydroxylation sites is 1.